The van der Waals surface area contributed by atoms with Gasteiger partial charge < -0.3 is 10.1 Å². The third-order valence-electron chi connectivity index (χ3n) is 3.38. The number of aromatic nitrogens is 1. The van der Waals surface area contributed by atoms with Crippen LogP contribution in [-0.2, 0) is 6.18 Å². The van der Waals surface area contributed by atoms with E-state index in [2.05, 4.69) is 10.3 Å². The Morgan fingerprint density at radius 1 is 1.24 bits per heavy atom. The van der Waals surface area contributed by atoms with Gasteiger partial charge in [-0.25, -0.2) is 4.98 Å². The minimum absolute atomic E-state index is 0.0258. The van der Waals surface area contributed by atoms with Crippen LogP contribution in [0.4, 0.5) is 18.9 Å². The van der Waals surface area contributed by atoms with E-state index >= 15 is 0 Å². The zero-order valence-corrected chi connectivity index (χ0v) is 15.9. The molecule has 2 rings (SSSR count). The first-order chi connectivity index (χ1) is 13.6. The number of pyridine rings is 1. The molecule has 0 fully saturated rings. The number of halogens is 5. The largest absolute Gasteiger partial charge is 0.473 e. The van der Waals surface area contributed by atoms with E-state index in [1.807, 2.05) is 0 Å². The number of amides is 1. The number of nitrogens with one attached hydrogen (secondary N) is 1. The Balaban J connectivity index is 1.88. The van der Waals surface area contributed by atoms with Crippen molar-refractivity contribution in [1.82, 2.24) is 10.3 Å². The van der Waals surface area contributed by atoms with Gasteiger partial charge in [0.2, 0.25) is 5.88 Å². The summed E-state index contributed by atoms with van der Waals surface area (Å²) in [5.74, 6) is -0.933. The lowest BCUT2D eigenvalue weighted by Gasteiger charge is -2.09. The fourth-order valence-corrected chi connectivity index (χ4v) is 2.45. The zero-order valence-electron chi connectivity index (χ0n) is 14.4. The van der Waals surface area contributed by atoms with E-state index < -0.39 is 22.6 Å². The van der Waals surface area contributed by atoms with Crippen LogP contribution in [0.2, 0.25) is 10.2 Å². The van der Waals surface area contributed by atoms with Crippen LogP contribution < -0.4 is 10.1 Å². The fourth-order valence-electron chi connectivity index (χ4n) is 2.04. The molecule has 0 aliphatic rings. The first-order valence-electron chi connectivity index (χ1n) is 7.82. The van der Waals surface area contributed by atoms with Gasteiger partial charge >= 0.3 is 6.18 Å². The average Bonchev–Trinajstić information content (AvgIpc) is 2.63. The molecule has 1 aromatic carbocycles. The predicted octanol–water partition coefficient (Wildman–Crippen LogP) is 4.68. The Kier molecular flexibility index (Phi) is 7.40. The van der Waals surface area contributed by atoms with Crippen LogP contribution in [0.25, 0.3) is 0 Å². The summed E-state index contributed by atoms with van der Waals surface area (Å²) < 4.78 is 43.2. The van der Waals surface area contributed by atoms with E-state index in [9.17, 15) is 28.1 Å². The highest BCUT2D eigenvalue weighted by molar-refractivity contribution is 6.34. The van der Waals surface area contributed by atoms with Gasteiger partial charge in [0.25, 0.3) is 11.6 Å². The van der Waals surface area contributed by atoms with Gasteiger partial charge in [0, 0.05) is 24.7 Å². The summed E-state index contributed by atoms with van der Waals surface area (Å²) in [6.45, 7) is -0.101. The lowest BCUT2D eigenvalue weighted by Crippen LogP contribution is -2.23. The summed E-state index contributed by atoms with van der Waals surface area (Å²) in [5.41, 5.74) is -1.33. The van der Waals surface area contributed by atoms with Gasteiger partial charge in [-0.1, -0.05) is 29.3 Å². The lowest BCUT2D eigenvalue weighted by molar-refractivity contribution is -0.384. The minimum Gasteiger partial charge on any atom is -0.473 e. The first-order valence-corrected chi connectivity index (χ1v) is 8.58. The molecule has 0 unspecified atom stereocenters. The molecule has 0 aliphatic heterocycles. The molecular weight excluding hydrogens is 438 g/mol. The van der Waals surface area contributed by atoms with Crippen molar-refractivity contribution in [2.75, 3.05) is 13.2 Å². The summed E-state index contributed by atoms with van der Waals surface area (Å²) in [6.07, 6.45) is -1.68. The molecule has 0 atom stereocenters. The number of alkyl halides is 3. The van der Waals surface area contributed by atoms with Crippen LogP contribution in [0.5, 0.6) is 5.88 Å². The summed E-state index contributed by atoms with van der Waals surface area (Å²) >= 11 is 11.4. The molecule has 7 nitrogen and oxygen atoms in total. The summed E-state index contributed by atoms with van der Waals surface area (Å²) in [5, 5.41) is 12.9. The van der Waals surface area contributed by atoms with Crippen molar-refractivity contribution in [2.45, 2.75) is 6.18 Å². The quantitative estimate of drug-likeness (QED) is 0.286. The molecule has 1 amide bonds. The summed E-state index contributed by atoms with van der Waals surface area (Å²) in [6, 6.07) is 4.86. The third-order valence-corrected chi connectivity index (χ3v) is 3.90. The maximum Gasteiger partial charge on any atom is 0.416 e. The lowest BCUT2D eigenvalue weighted by atomic mass is 10.2. The van der Waals surface area contributed by atoms with Crippen LogP contribution in [0.1, 0.15) is 15.9 Å². The Labute approximate surface area is 172 Å². The fraction of sp³-hybridized carbons (Fsp3) is 0.176. The smallest absolute Gasteiger partial charge is 0.416 e. The molecule has 1 aromatic heterocycles. The maximum atomic E-state index is 12.7. The standard InChI is InChI=1S/C17H12Cl2F3N3O4/c18-13-4-3-11(25(27)28)9-12(13)16(26)23-5-1-2-6-29-15-8-10(17(20,21)22)7-14(19)24-15/h1-4,7-9H,5-6H2,(H,23,26). The molecule has 0 bridgehead atoms. The third kappa shape index (κ3) is 6.61. The Bertz CT molecular complexity index is 952. The highest BCUT2D eigenvalue weighted by Gasteiger charge is 2.31. The second-order valence-electron chi connectivity index (χ2n) is 5.43. The Morgan fingerprint density at radius 3 is 2.62 bits per heavy atom. The monoisotopic (exact) mass is 449 g/mol. The van der Waals surface area contributed by atoms with E-state index in [4.69, 9.17) is 27.9 Å². The molecule has 0 aliphatic carbocycles. The SMILES string of the molecule is O=C(NCC=CCOc1cc(C(F)(F)F)cc(Cl)n1)c1cc([N+](=O)[O-])ccc1Cl. The van der Waals surface area contributed by atoms with Gasteiger partial charge in [-0.3, -0.25) is 14.9 Å². The molecule has 154 valence electrons. The van der Waals surface area contributed by atoms with Gasteiger partial charge in [-0.2, -0.15) is 13.2 Å². The van der Waals surface area contributed by atoms with Crippen LogP contribution >= 0.6 is 23.2 Å². The van der Waals surface area contributed by atoms with Crippen molar-refractivity contribution >= 4 is 34.8 Å². The van der Waals surface area contributed by atoms with Gasteiger partial charge in [-0.15, -0.1) is 0 Å². The predicted molar refractivity (Wildman–Crippen MR) is 99.3 cm³/mol. The zero-order chi connectivity index (χ0) is 21.6. The highest BCUT2D eigenvalue weighted by atomic mass is 35.5. The van der Waals surface area contributed by atoms with Gasteiger partial charge in [-0.05, 0) is 18.2 Å². The van der Waals surface area contributed by atoms with E-state index in [0.717, 1.165) is 6.07 Å². The number of carbonyl (C=O) groups is 1. The number of hydrogen-bond donors (Lipinski definition) is 1. The second-order valence-corrected chi connectivity index (χ2v) is 6.22. The number of hydrogen-bond acceptors (Lipinski definition) is 5. The molecule has 0 radical (unpaired) electrons. The number of nitrogens with zero attached hydrogens (tertiary/aromatic N) is 2. The van der Waals surface area contributed by atoms with Crippen molar-refractivity contribution in [3.05, 3.63) is 73.9 Å². The van der Waals surface area contributed by atoms with Crippen LogP contribution in [0, 0.1) is 10.1 Å². The van der Waals surface area contributed by atoms with Gasteiger partial charge in [0.1, 0.15) is 11.8 Å². The number of carbonyl (C=O) groups excluding carboxylic acids is 1. The molecule has 1 N–H and O–H groups in total. The second kappa shape index (κ2) is 9.57. The van der Waals surface area contributed by atoms with Crippen LogP contribution in [0.3, 0.4) is 0 Å². The number of nitro groups is 1. The highest BCUT2D eigenvalue weighted by Crippen LogP contribution is 2.32. The molecule has 0 saturated carbocycles. The minimum atomic E-state index is -4.58. The molecule has 12 heteroatoms. The molecule has 1 heterocycles. The molecular formula is C17H12Cl2F3N3O4. The van der Waals surface area contributed by atoms with Crippen molar-refractivity contribution in [3.63, 3.8) is 0 Å². The average molecular weight is 450 g/mol. The van der Waals surface area contributed by atoms with Crippen molar-refractivity contribution < 1.29 is 27.6 Å². The number of nitro benzene ring substituents is 1. The topological polar surface area (TPSA) is 94.4 Å². The molecule has 29 heavy (non-hydrogen) atoms. The van der Waals surface area contributed by atoms with Crippen molar-refractivity contribution in [3.8, 4) is 5.88 Å². The maximum absolute atomic E-state index is 12.7. The van der Waals surface area contributed by atoms with Gasteiger partial charge in [0.15, 0.2) is 0 Å². The van der Waals surface area contributed by atoms with Gasteiger partial charge in [0.05, 0.1) is 21.1 Å². The molecule has 2 aromatic rings. The van der Waals surface area contributed by atoms with Crippen molar-refractivity contribution in [2.24, 2.45) is 0 Å². The first kappa shape index (κ1) is 22.4. The van der Waals surface area contributed by atoms with E-state index in [-0.39, 0.29) is 40.5 Å². The normalized spacial score (nSPS) is 11.5. The van der Waals surface area contributed by atoms with Crippen molar-refractivity contribution in [1.29, 1.82) is 0 Å². The summed E-state index contributed by atoms with van der Waals surface area (Å²) in [7, 11) is 0. The number of ether oxygens (including phenoxy) is 1. The number of rotatable bonds is 7. The Morgan fingerprint density at radius 2 is 1.97 bits per heavy atom. The van der Waals surface area contributed by atoms with E-state index in [1.54, 1.807) is 0 Å². The summed E-state index contributed by atoms with van der Waals surface area (Å²) in [4.78, 5) is 25.8. The molecule has 0 spiro atoms. The number of non-ortho nitro benzene ring substituents is 1. The van der Waals surface area contributed by atoms with Crippen LogP contribution in [0.15, 0.2) is 42.5 Å². The van der Waals surface area contributed by atoms with Crippen LogP contribution in [-0.4, -0.2) is 29.0 Å². The number of benzene rings is 1. The Hall–Kier alpha value is -2.85. The van der Waals surface area contributed by atoms with E-state index in [1.165, 1.54) is 24.3 Å². The van der Waals surface area contributed by atoms with E-state index in [0.29, 0.717) is 12.1 Å². The molecule has 0 saturated heterocycles.